The first-order chi connectivity index (χ1) is 7.51. The monoisotopic (exact) mass is 225 g/mol. The summed E-state index contributed by atoms with van der Waals surface area (Å²) in [5.74, 6) is 0.553. The van der Waals surface area contributed by atoms with Crippen molar-refractivity contribution in [3.05, 3.63) is 24.2 Å². The molecule has 0 aliphatic rings. The first kappa shape index (κ1) is 12.8. The molecule has 90 valence electrons. The van der Waals surface area contributed by atoms with E-state index in [1.807, 2.05) is 19.1 Å². The SMILES string of the molecule is CCC(NC(C)(C)C(=O)OC)c1ccco1. The second-order valence-corrected chi connectivity index (χ2v) is 4.24. The van der Waals surface area contributed by atoms with Crippen molar-refractivity contribution in [3.8, 4) is 0 Å². The molecule has 0 saturated carbocycles. The lowest BCUT2D eigenvalue weighted by molar-refractivity contribution is -0.147. The molecule has 1 heterocycles. The number of ether oxygens (including phenoxy) is 1. The van der Waals surface area contributed by atoms with E-state index in [0.29, 0.717) is 0 Å². The summed E-state index contributed by atoms with van der Waals surface area (Å²) >= 11 is 0. The van der Waals surface area contributed by atoms with Crippen LogP contribution in [0.15, 0.2) is 22.8 Å². The Morgan fingerprint density at radius 2 is 2.31 bits per heavy atom. The van der Waals surface area contributed by atoms with Gasteiger partial charge in [0, 0.05) is 0 Å². The number of carbonyl (C=O) groups excluding carboxylic acids is 1. The van der Waals surface area contributed by atoms with Gasteiger partial charge in [-0.05, 0) is 32.4 Å². The summed E-state index contributed by atoms with van der Waals surface area (Å²) in [6.07, 6.45) is 2.47. The van der Waals surface area contributed by atoms with Crippen LogP contribution in [0.5, 0.6) is 0 Å². The van der Waals surface area contributed by atoms with E-state index in [9.17, 15) is 4.79 Å². The van der Waals surface area contributed by atoms with Crippen LogP contribution in [0, 0.1) is 0 Å². The summed E-state index contributed by atoms with van der Waals surface area (Å²) in [6.45, 7) is 5.63. The average Bonchev–Trinajstić information content (AvgIpc) is 2.78. The zero-order valence-electron chi connectivity index (χ0n) is 10.2. The minimum Gasteiger partial charge on any atom is -0.468 e. The van der Waals surface area contributed by atoms with Crippen molar-refractivity contribution >= 4 is 5.97 Å². The van der Waals surface area contributed by atoms with Gasteiger partial charge in [-0.25, -0.2) is 0 Å². The first-order valence-electron chi connectivity index (χ1n) is 5.40. The number of hydrogen-bond acceptors (Lipinski definition) is 4. The van der Waals surface area contributed by atoms with Gasteiger partial charge < -0.3 is 9.15 Å². The third-order valence-electron chi connectivity index (χ3n) is 2.53. The molecule has 1 aromatic rings. The van der Waals surface area contributed by atoms with Crippen LogP contribution in [0.25, 0.3) is 0 Å². The number of nitrogens with one attached hydrogen (secondary N) is 1. The van der Waals surface area contributed by atoms with Gasteiger partial charge in [0.2, 0.25) is 0 Å². The Labute approximate surface area is 96.0 Å². The molecule has 0 amide bonds. The van der Waals surface area contributed by atoms with Gasteiger partial charge in [-0.3, -0.25) is 10.1 Å². The molecule has 0 aliphatic heterocycles. The average molecular weight is 225 g/mol. The first-order valence-corrected chi connectivity index (χ1v) is 5.40. The van der Waals surface area contributed by atoms with Gasteiger partial charge in [0.1, 0.15) is 11.3 Å². The number of furan rings is 1. The smallest absolute Gasteiger partial charge is 0.325 e. The van der Waals surface area contributed by atoms with Crippen molar-refractivity contribution in [2.75, 3.05) is 7.11 Å². The van der Waals surface area contributed by atoms with Gasteiger partial charge in [-0.15, -0.1) is 0 Å². The minimum atomic E-state index is -0.720. The lowest BCUT2D eigenvalue weighted by Gasteiger charge is -2.27. The number of methoxy groups -OCH3 is 1. The summed E-state index contributed by atoms with van der Waals surface area (Å²) in [5, 5.41) is 3.23. The highest BCUT2D eigenvalue weighted by atomic mass is 16.5. The van der Waals surface area contributed by atoms with E-state index in [2.05, 4.69) is 5.32 Å². The van der Waals surface area contributed by atoms with Crippen molar-refractivity contribution in [1.82, 2.24) is 5.32 Å². The normalized spacial score (nSPS) is 13.5. The summed E-state index contributed by atoms with van der Waals surface area (Å²) in [6, 6.07) is 3.75. The number of rotatable bonds is 5. The van der Waals surface area contributed by atoms with E-state index in [1.54, 1.807) is 20.1 Å². The van der Waals surface area contributed by atoms with Crippen LogP contribution in [-0.2, 0) is 9.53 Å². The van der Waals surface area contributed by atoms with Crippen LogP contribution >= 0.6 is 0 Å². The second-order valence-electron chi connectivity index (χ2n) is 4.24. The van der Waals surface area contributed by atoms with Crippen LogP contribution in [-0.4, -0.2) is 18.6 Å². The van der Waals surface area contributed by atoms with Crippen LogP contribution in [0.3, 0.4) is 0 Å². The van der Waals surface area contributed by atoms with E-state index < -0.39 is 5.54 Å². The molecule has 0 aliphatic carbocycles. The molecule has 1 aromatic heterocycles. The van der Waals surface area contributed by atoms with Crippen LogP contribution < -0.4 is 5.32 Å². The van der Waals surface area contributed by atoms with E-state index in [-0.39, 0.29) is 12.0 Å². The minimum absolute atomic E-state index is 0.0177. The Morgan fingerprint density at radius 1 is 1.62 bits per heavy atom. The Hall–Kier alpha value is -1.29. The Morgan fingerprint density at radius 3 is 2.75 bits per heavy atom. The summed E-state index contributed by atoms with van der Waals surface area (Å²) < 4.78 is 10.1. The highest BCUT2D eigenvalue weighted by molar-refractivity contribution is 5.79. The fourth-order valence-electron chi connectivity index (χ4n) is 1.61. The number of carbonyl (C=O) groups is 1. The highest BCUT2D eigenvalue weighted by Crippen LogP contribution is 2.21. The zero-order valence-corrected chi connectivity index (χ0v) is 10.2. The molecule has 1 N–H and O–H groups in total. The number of hydrogen-bond donors (Lipinski definition) is 1. The fraction of sp³-hybridized carbons (Fsp3) is 0.583. The molecular formula is C12H19NO3. The van der Waals surface area contributed by atoms with Crippen LogP contribution in [0.1, 0.15) is 39.0 Å². The van der Waals surface area contributed by atoms with Crippen molar-refractivity contribution in [1.29, 1.82) is 0 Å². The molecule has 4 heteroatoms. The van der Waals surface area contributed by atoms with Gasteiger partial charge in [-0.2, -0.15) is 0 Å². The third kappa shape index (κ3) is 2.85. The van der Waals surface area contributed by atoms with Gasteiger partial charge in [-0.1, -0.05) is 6.92 Å². The van der Waals surface area contributed by atoms with Gasteiger partial charge in [0.15, 0.2) is 0 Å². The van der Waals surface area contributed by atoms with Crippen molar-refractivity contribution in [3.63, 3.8) is 0 Å². The zero-order chi connectivity index (χ0) is 12.2. The Bertz CT molecular complexity index is 330. The molecule has 0 saturated heterocycles. The predicted octanol–water partition coefficient (Wildman–Crippen LogP) is 2.27. The summed E-state index contributed by atoms with van der Waals surface area (Å²) in [5.41, 5.74) is -0.720. The molecular weight excluding hydrogens is 206 g/mol. The lowest BCUT2D eigenvalue weighted by atomic mass is 10.0. The molecule has 0 fully saturated rings. The van der Waals surface area contributed by atoms with Gasteiger partial charge >= 0.3 is 5.97 Å². The van der Waals surface area contributed by atoms with Gasteiger partial charge in [0.05, 0.1) is 19.4 Å². The van der Waals surface area contributed by atoms with Crippen LogP contribution in [0.4, 0.5) is 0 Å². The van der Waals surface area contributed by atoms with E-state index in [1.165, 1.54) is 7.11 Å². The molecule has 0 aromatic carbocycles. The maximum atomic E-state index is 11.5. The predicted molar refractivity (Wildman–Crippen MR) is 61.0 cm³/mol. The molecule has 4 nitrogen and oxygen atoms in total. The lowest BCUT2D eigenvalue weighted by Crippen LogP contribution is -2.48. The highest BCUT2D eigenvalue weighted by Gasteiger charge is 2.31. The van der Waals surface area contributed by atoms with E-state index >= 15 is 0 Å². The summed E-state index contributed by atoms with van der Waals surface area (Å²) in [4.78, 5) is 11.5. The maximum absolute atomic E-state index is 11.5. The summed E-state index contributed by atoms with van der Waals surface area (Å²) in [7, 11) is 1.39. The maximum Gasteiger partial charge on any atom is 0.325 e. The second kappa shape index (κ2) is 5.16. The Kier molecular flexibility index (Phi) is 4.12. The quantitative estimate of drug-likeness (QED) is 0.781. The molecule has 1 rings (SSSR count). The molecule has 0 radical (unpaired) electrons. The third-order valence-corrected chi connectivity index (χ3v) is 2.53. The van der Waals surface area contributed by atoms with Crippen LogP contribution in [0.2, 0.25) is 0 Å². The molecule has 0 bridgehead atoms. The topological polar surface area (TPSA) is 51.5 Å². The Balaban J connectivity index is 2.74. The van der Waals surface area contributed by atoms with Crippen molar-refractivity contribution < 1.29 is 13.9 Å². The number of esters is 1. The van der Waals surface area contributed by atoms with Crippen molar-refractivity contribution in [2.45, 2.75) is 38.8 Å². The molecule has 1 unspecified atom stereocenters. The van der Waals surface area contributed by atoms with E-state index in [4.69, 9.17) is 9.15 Å². The molecule has 1 atom stereocenters. The van der Waals surface area contributed by atoms with Crippen molar-refractivity contribution in [2.24, 2.45) is 0 Å². The largest absolute Gasteiger partial charge is 0.468 e. The fourth-order valence-corrected chi connectivity index (χ4v) is 1.61. The van der Waals surface area contributed by atoms with Gasteiger partial charge in [0.25, 0.3) is 0 Å². The molecule has 16 heavy (non-hydrogen) atoms. The van der Waals surface area contributed by atoms with E-state index in [0.717, 1.165) is 12.2 Å². The standard InChI is InChI=1S/C12H19NO3/c1-5-9(10-7-6-8-16-10)13-12(2,3)11(14)15-4/h6-9,13H,5H2,1-4H3. The molecule has 0 spiro atoms.